The summed E-state index contributed by atoms with van der Waals surface area (Å²) in [5.74, 6) is 1.81. The van der Waals surface area contributed by atoms with Gasteiger partial charge in [-0.05, 0) is 29.4 Å². The molecule has 1 saturated heterocycles. The molecule has 0 spiro atoms. The van der Waals surface area contributed by atoms with Crippen LogP contribution in [0.25, 0.3) is 0 Å². The minimum Gasteiger partial charge on any atom is -0.328 e. The zero-order valence-electron chi connectivity index (χ0n) is 11.2. The molecule has 2 bridgehead atoms. The summed E-state index contributed by atoms with van der Waals surface area (Å²) in [5, 5.41) is 0. The molecular weight excluding hydrogens is 222 g/mol. The maximum absolute atomic E-state index is 12.7. The molecule has 4 rings (SSSR count). The summed E-state index contributed by atoms with van der Waals surface area (Å²) >= 11 is 0. The first-order valence-corrected chi connectivity index (χ1v) is 6.92. The Morgan fingerprint density at radius 1 is 1.11 bits per heavy atom. The number of nitrogens with zero attached hydrogens (tertiary/aromatic N) is 1. The van der Waals surface area contributed by atoms with Crippen molar-refractivity contribution in [2.45, 2.75) is 39.3 Å². The van der Waals surface area contributed by atoms with Gasteiger partial charge in [0.1, 0.15) is 0 Å². The number of amides is 1. The van der Waals surface area contributed by atoms with Crippen molar-refractivity contribution in [3.63, 3.8) is 0 Å². The van der Waals surface area contributed by atoms with Gasteiger partial charge in [0.25, 0.3) is 0 Å². The van der Waals surface area contributed by atoms with E-state index in [4.69, 9.17) is 0 Å². The van der Waals surface area contributed by atoms with Crippen molar-refractivity contribution in [2.75, 3.05) is 0 Å². The number of piperidine rings is 1. The molecule has 2 nitrogen and oxygen atoms in total. The Kier molecular flexibility index (Phi) is 1.76. The van der Waals surface area contributed by atoms with Gasteiger partial charge in [-0.1, -0.05) is 45.0 Å². The Balaban J connectivity index is 1.81. The molecule has 0 radical (unpaired) electrons. The lowest BCUT2D eigenvalue weighted by Crippen LogP contribution is -2.38. The molecule has 2 heterocycles. The van der Waals surface area contributed by atoms with E-state index in [0.717, 1.165) is 11.8 Å². The topological polar surface area (TPSA) is 20.3 Å². The van der Waals surface area contributed by atoms with Gasteiger partial charge < -0.3 is 4.90 Å². The van der Waals surface area contributed by atoms with Gasteiger partial charge in [-0.15, -0.1) is 0 Å². The average Bonchev–Trinajstić information content (AvgIpc) is 2.96. The molecule has 1 saturated carbocycles. The van der Waals surface area contributed by atoms with Crippen LogP contribution in [0.3, 0.4) is 0 Å². The van der Waals surface area contributed by atoms with Crippen molar-refractivity contribution in [1.29, 1.82) is 0 Å². The van der Waals surface area contributed by atoms with Gasteiger partial charge in [-0.3, -0.25) is 4.79 Å². The second-order valence-corrected chi connectivity index (χ2v) is 7.04. The zero-order chi connectivity index (χ0) is 12.7. The van der Waals surface area contributed by atoms with Crippen molar-refractivity contribution in [2.24, 2.45) is 17.3 Å². The van der Waals surface area contributed by atoms with Crippen LogP contribution in [0.4, 0.5) is 0 Å². The summed E-state index contributed by atoms with van der Waals surface area (Å²) in [5.41, 5.74) is 2.56. The summed E-state index contributed by atoms with van der Waals surface area (Å²) < 4.78 is 0. The molecular formula is C16H19NO. The highest BCUT2D eigenvalue weighted by Gasteiger charge is 2.66. The number of carbonyl (C=O) groups is 1. The van der Waals surface area contributed by atoms with Crippen LogP contribution in [0, 0.1) is 17.3 Å². The molecule has 4 atom stereocenters. The van der Waals surface area contributed by atoms with Crippen molar-refractivity contribution in [1.82, 2.24) is 4.90 Å². The zero-order valence-corrected chi connectivity index (χ0v) is 11.2. The van der Waals surface area contributed by atoms with Gasteiger partial charge in [-0.2, -0.15) is 0 Å². The first-order chi connectivity index (χ1) is 8.50. The summed E-state index contributed by atoms with van der Waals surface area (Å²) in [6.07, 6.45) is 1.32. The summed E-state index contributed by atoms with van der Waals surface area (Å²) in [6, 6.07) is 9.41. The Morgan fingerprint density at radius 3 is 2.06 bits per heavy atom. The molecule has 18 heavy (non-hydrogen) atoms. The summed E-state index contributed by atoms with van der Waals surface area (Å²) in [4.78, 5) is 14.9. The van der Waals surface area contributed by atoms with E-state index in [2.05, 4.69) is 29.2 Å². The molecule has 0 N–H and O–H groups in total. The van der Waals surface area contributed by atoms with E-state index < -0.39 is 0 Å². The third-order valence-electron chi connectivity index (χ3n) is 4.81. The first-order valence-electron chi connectivity index (χ1n) is 6.92. The highest BCUT2D eigenvalue weighted by atomic mass is 16.2. The Morgan fingerprint density at radius 2 is 1.61 bits per heavy atom. The third-order valence-corrected chi connectivity index (χ3v) is 4.81. The van der Waals surface area contributed by atoms with E-state index in [-0.39, 0.29) is 5.41 Å². The van der Waals surface area contributed by atoms with Gasteiger partial charge in [0.15, 0.2) is 0 Å². The SMILES string of the molecule is CC(C)(C)C(=O)N1[C@@H]2c3ccccc3[C@H]1[C@@H]1C[C@@H]12. The van der Waals surface area contributed by atoms with Gasteiger partial charge in [0, 0.05) is 5.41 Å². The standard InChI is InChI=1S/C16H19NO/c1-16(2,3)15(18)17-13-9-6-4-5-7-10(9)14(17)12-8-11(12)13/h4-7,11-14H,8H2,1-3H3/t11-,12+,13+,14-. The molecule has 2 heteroatoms. The predicted octanol–water partition coefficient (Wildman–Crippen LogP) is 3.31. The van der Waals surface area contributed by atoms with Crippen LogP contribution >= 0.6 is 0 Å². The van der Waals surface area contributed by atoms with Crippen LogP contribution in [-0.4, -0.2) is 10.8 Å². The fraction of sp³-hybridized carbons (Fsp3) is 0.562. The van der Waals surface area contributed by atoms with Gasteiger partial charge in [0.05, 0.1) is 12.1 Å². The Labute approximate surface area is 108 Å². The number of hydrogen-bond acceptors (Lipinski definition) is 1. The van der Waals surface area contributed by atoms with Gasteiger partial charge in [0.2, 0.25) is 5.91 Å². The highest BCUT2D eigenvalue weighted by molar-refractivity contribution is 5.84. The monoisotopic (exact) mass is 241 g/mol. The number of hydrogen-bond donors (Lipinski definition) is 0. The number of benzene rings is 1. The number of fused-ring (bicyclic) bond motifs is 8. The Hall–Kier alpha value is -1.31. The molecule has 94 valence electrons. The minimum atomic E-state index is -0.269. The molecule has 1 aromatic carbocycles. The number of carbonyl (C=O) groups excluding carboxylic acids is 1. The number of rotatable bonds is 0. The quantitative estimate of drug-likeness (QED) is 0.682. The molecule has 1 amide bonds. The van der Waals surface area contributed by atoms with E-state index in [9.17, 15) is 4.79 Å². The molecule has 3 aliphatic rings. The second-order valence-electron chi connectivity index (χ2n) is 7.04. The fourth-order valence-corrected chi connectivity index (χ4v) is 4.00. The van der Waals surface area contributed by atoms with Crippen molar-refractivity contribution in [3.05, 3.63) is 35.4 Å². The second kappa shape index (κ2) is 2.98. The largest absolute Gasteiger partial charge is 0.328 e. The van der Waals surface area contributed by atoms with Crippen molar-refractivity contribution >= 4 is 5.91 Å². The summed E-state index contributed by atoms with van der Waals surface area (Å²) in [7, 11) is 0. The molecule has 2 aliphatic heterocycles. The normalized spacial score (nSPS) is 35.4. The Bertz CT molecular complexity index is 507. The van der Waals surface area contributed by atoms with Crippen LogP contribution in [0.1, 0.15) is 50.4 Å². The smallest absolute Gasteiger partial charge is 0.228 e. The van der Waals surface area contributed by atoms with E-state index in [1.54, 1.807) is 0 Å². The van der Waals surface area contributed by atoms with Gasteiger partial charge >= 0.3 is 0 Å². The van der Waals surface area contributed by atoms with Crippen molar-refractivity contribution in [3.8, 4) is 0 Å². The van der Waals surface area contributed by atoms with Crippen LogP contribution in [0.5, 0.6) is 0 Å². The highest BCUT2D eigenvalue weighted by Crippen LogP contribution is 2.70. The van der Waals surface area contributed by atoms with Crippen LogP contribution < -0.4 is 0 Å². The molecule has 0 aromatic heterocycles. The maximum atomic E-state index is 12.7. The predicted molar refractivity (Wildman–Crippen MR) is 69.8 cm³/mol. The third kappa shape index (κ3) is 1.12. The molecule has 0 unspecified atom stereocenters. The average molecular weight is 241 g/mol. The van der Waals surface area contributed by atoms with E-state index in [0.29, 0.717) is 18.0 Å². The minimum absolute atomic E-state index is 0.269. The van der Waals surface area contributed by atoms with Crippen LogP contribution in [-0.2, 0) is 4.79 Å². The lowest BCUT2D eigenvalue weighted by atomic mass is 9.92. The molecule has 1 aromatic rings. The van der Waals surface area contributed by atoms with E-state index >= 15 is 0 Å². The van der Waals surface area contributed by atoms with Crippen LogP contribution in [0.2, 0.25) is 0 Å². The molecule has 1 aliphatic carbocycles. The lowest BCUT2D eigenvalue weighted by Gasteiger charge is -2.32. The summed E-state index contributed by atoms with van der Waals surface area (Å²) in [6.45, 7) is 6.09. The molecule has 2 fully saturated rings. The lowest BCUT2D eigenvalue weighted by molar-refractivity contribution is -0.143. The fourth-order valence-electron chi connectivity index (χ4n) is 4.00. The van der Waals surface area contributed by atoms with Gasteiger partial charge in [-0.25, -0.2) is 0 Å². The van der Waals surface area contributed by atoms with E-state index in [1.807, 2.05) is 20.8 Å². The van der Waals surface area contributed by atoms with Crippen molar-refractivity contribution < 1.29 is 4.79 Å². The van der Waals surface area contributed by atoms with Crippen LogP contribution in [0.15, 0.2) is 24.3 Å². The first kappa shape index (κ1) is 10.6. The maximum Gasteiger partial charge on any atom is 0.228 e. The van der Waals surface area contributed by atoms with E-state index in [1.165, 1.54) is 17.5 Å².